The summed E-state index contributed by atoms with van der Waals surface area (Å²) in [5.41, 5.74) is 3.66. The normalized spacial score (nSPS) is 25.5. The molecule has 3 atom stereocenters. The number of alkyl halides is 2. The fraction of sp³-hybridized carbons (Fsp3) is 0.176. The van der Waals surface area contributed by atoms with Crippen LogP contribution >= 0.6 is 34.8 Å². The SMILES string of the molecule is C[C@H](OC(=O)c1ccc(N2C(=O)[C@@H]3[C@@H](C2=O)C2(Cl)c4ccccc4C3(Cl)c3ccccc32)cc1)C(=O)c1ccc(Cl)cc1. The summed E-state index contributed by atoms with van der Waals surface area (Å²) in [6.07, 6.45) is -1.04. The molecule has 4 aromatic rings. The van der Waals surface area contributed by atoms with E-state index < -0.39 is 45.5 Å². The number of anilines is 1. The van der Waals surface area contributed by atoms with Crippen LogP contribution in [0.2, 0.25) is 5.02 Å². The number of esters is 1. The molecule has 0 aromatic heterocycles. The monoisotopic (exact) mass is 629 g/mol. The molecule has 214 valence electrons. The molecule has 4 aromatic carbocycles. The molecule has 1 heterocycles. The summed E-state index contributed by atoms with van der Waals surface area (Å²) in [6, 6.07) is 27.0. The van der Waals surface area contributed by atoms with Gasteiger partial charge in [0.15, 0.2) is 6.10 Å². The van der Waals surface area contributed by atoms with Gasteiger partial charge in [-0.05, 0) is 77.7 Å². The summed E-state index contributed by atoms with van der Waals surface area (Å²) in [5, 5.41) is 0.486. The molecule has 43 heavy (non-hydrogen) atoms. The summed E-state index contributed by atoms with van der Waals surface area (Å²) in [7, 11) is 0. The predicted molar refractivity (Wildman–Crippen MR) is 163 cm³/mol. The van der Waals surface area contributed by atoms with Gasteiger partial charge in [0.25, 0.3) is 0 Å². The van der Waals surface area contributed by atoms with E-state index in [1.807, 2.05) is 48.5 Å². The lowest BCUT2D eigenvalue weighted by Crippen LogP contribution is -2.57. The first-order valence-electron chi connectivity index (χ1n) is 13.6. The number of ketones is 1. The number of ether oxygens (including phenoxy) is 1. The Labute approximate surface area is 262 Å². The van der Waals surface area contributed by atoms with Gasteiger partial charge in [0.05, 0.1) is 23.1 Å². The van der Waals surface area contributed by atoms with Gasteiger partial charge >= 0.3 is 5.97 Å². The third-order valence-corrected chi connectivity index (χ3v) is 10.3. The van der Waals surface area contributed by atoms with Crippen LogP contribution in [0.15, 0.2) is 97.1 Å². The lowest BCUT2D eigenvalue weighted by Gasteiger charge is -2.54. The highest BCUT2D eigenvalue weighted by atomic mass is 35.5. The van der Waals surface area contributed by atoms with E-state index in [1.165, 1.54) is 31.2 Å². The number of Topliss-reactive ketones (excluding diaryl/α,β-unsaturated/α-hetero) is 1. The van der Waals surface area contributed by atoms with E-state index in [9.17, 15) is 19.2 Å². The Bertz CT molecular complexity index is 1730. The van der Waals surface area contributed by atoms with Crippen molar-refractivity contribution in [3.8, 4) is 0 Å². The summed E-state index contributed by atoms with van der Waals surface area (Å²) < 4.78 is 5.40. The second kappa shape index (κ2) is 9.78. The van der Waals surface area contributed by atoms with Gasteiger partial charge in [-0.15, -0.1) is 23.2 Å². The predicted octanol–water partition coefficient (Wildman–Crippen LogP) is 6.87. The van der Waals surface area contributed by atoms with Crippen LogP contribution in [0.25, 0.3) is 0 Å². The molecule has 0 unspecified atom stereocenters. The summed E-state index contributed by atoms with van der Waals surface area (Å²) in [6.45, 7) is 1.49. The number of hydrogen-bond donors (Lipinski definition) is 0. The van der Waals surface area contributed by atoms with Gasteiger partial charge in [-0.1, -0.05) is 60.1 Å². The summed E-state index contributed by atoms with van der Waals surface area (Å²) in [4.78, 5) is 52.4. The number of carbonyl (C=O) groups is 4. The molecule has 8 rings (SSSR count). The summed E-state index contributed by atoms with van der Waals surface area (Å²) >= 11 is 20.8. The Morgan fingerprint density at radius 1 is 0.698 bits per heavy atom. The second-order valence-corrected chi connectivity index (χ2v) is 12.6. The number of halogens is 3. The van der Waals surface area contributed by atoms with Crippen LogP contribution in [0.4, 0.5) is 5.69 Å². The fourth-order valence-corrected chi connectivity index (χ4v) is 8.02. The Morgan fingerprint density at radius 2 is 1.12 bits per heavy atom. The molecule has 0 saturated carbocycles. The van der Waals surface area contributed by atoms with Crippen LogP contribution in [0.5, 0.6) is 0 Å². The maximum absolute atomic E-state index is 14.1. The van der Waals surface area contributed by atoms with Crippen molar-refractivity contribution in [1.29, 1.82) is 0 Å². The van der Waals surface area contributed by atoms with Crippen molar-refractivity contribution in [3.63, 3.8) is 0 Å². The van der Waals surface area contributed by atoms with E-state index in [0.717, 1.165) is 27.2 Å². The van der Waals surface area contributed by atoms with Crippen molar-refractivity contribution in [2.45, 2.75) is 22.8 Å². The van der Waals surface area contributed by atoms with Crippen LogP contribution in [0.1, 0.15) is 49.9 Å². The molecular weight excluding hydrogens is 609 g/mol. The zero-order chi connectivity index (χ0) is 30.3. The van der Waals surface area contributed by atoms with E-state index in [-0.39, 0.29) is 17.0 Å². The quantitative estimate of drug-likeness (QED) is 0.104. The molecular formula is C34H22Cl3NO5. The van der Waals surface area contributed by atoms with E-state index in [2.05, 4.69) is 0 Å². The third-order valence-electron chi connectivity index (χ3n) is 8.73. The molecule has 9 heteroatoms. The number of amides is 2. The van der Waals surface area contributed by atoms with Crippen LogP contribution in [0, 0.1) is 11.8 Å². The van der Waals surface area contributed by atoms with Gasteiger partial charge < -0.3 is 4.74 Å². The van der Waals surface area contributed by atoms with Crippen molar-refractivity contribution >= 4 is 64.1 Å². The highest BCUT2D eigenvalue weighted by Gasteiger charge is 2.73. The van der Waals surface area contributed by atoms with Crippen molar-refractivity contribution in [2.24, 2.45) is 11.8 Å². The van der Waals surface area contributed by atoms with E-state index in [1.54, 1.807) is 24.3 Å². The summed E-state index contributed by atoms with van der Waals surface area (Å²) in [5.74, 6) is -3.90. The molecule has 2 bridgehead atoms. The number of rotatable bonds is 5. The maximum atomic E-state index is 14.1. The largest absolute Gasteiger partial charge is 0.451 e. The number of imide groups is 1. The molecule has 2 amide bonds. The van der Waals surface area contributed by atoms with Gasteiger partial charge in [0, 0.05) is 10.6 Å². The molecule has 1 saturated heterocycles. The third kappa shape index (κ3) is 3.80. The van der Waals surface area contributed by atoms with Crippen molar-refractivity contribution in [3.05, 3.63) is 135 Å². The molecule has 6 nitrogen and oxygen atoms in total. The minimum absolute atomic E-state index is 0.151. The average Bonchev–Trinajstić information content (AvgIpc) is 3.30. The van der Waals surface area contributed by atoms with E-state index in [4.69, 9.17) is 39.5 Å². The van der Waals surface area contributed by atoms with Gasteiger partial charge in [-0.25, -0.2) is 9.69 Å². The van der Waals surface area contributed by atoms with Crippen molar-refractivity contribution in [1.82, 2.24) is 0 Å². The molecule has 3 aliphatic carbocycles. The lowest BCUT2D eigenvalue weighted by molar-refractivity contribution is -0.122. The molecule has 0 radical (unpaired) electrons. The van der Waals surface area contributed by atoms with E-state index >= 15 is 0 Å². The van der Waals surface area contributed by atoms with Gasteiger partial charge in [-0.3, -0.25) is 14.4 Å². The van der Waals surface area contributed by atoms with Gasteiger partial charge in [-0.2, -0.15) is 0 Å². The molecule has 0 spiro atoms. The number of nitrogens with zero attached hydrogens (tertiary/aromatic N) is 1. The first kappa shape index (κ1) is 27.8. The zero-order valence-corrected chi connectivity index (χ0v) is 24.9. The minimum Gasteiger partial charge on any atom is -0.451 e. The lowest BCUT2D eigenvalue weighted by atomic mass is 9.54. The minimum atomic E-state index is -1.29. The number of benzene rings is 4. The smallest absolute Gasteiger partial charge is 0.338 e. The van der Waals surface area contributed by atoms with E-state index in [0.29, 0.717) is 10.6 Å². The maximum Gasteiger partial charge on any atom is 0.338 e. The molecule has 4 aliphatic rings. The average molecular weight is 631 g/mol. The molecule has 1 aliphatic heterocycles. The van der Waals surface area contributed by atoms with Gasteiger partial charge in [0.1, 0.15) is 9.75 Å². The Kier molecular flexibility index (Phi) is 6.33. The fourth-order valence-electron chi connectivity index (χ4n) is 6.80. The van der Waals surface area contributed by atoms with Crippen LogP contribution in [0.3, 0.4) is 0 Å². The molecule has 0 N–H and O–H groups in total. The Balaban J connectivity index is 1.19. The van der Waals surface area contributed by atoms with Gasteiger partial charge in [0.2, 0.25) is 17.6 Å². The van der Waals surface area contributed by atoms with Crippen LogP contribution < -0.4 is 4.90 Å². The van der Waals surface area contributed by atoms with Crippen molar-refractivity contribution < 1.29 is 23.9 Å². The number of hydrogen-bond acceptors (Lipinski definition) is 5. The zero-order valence-electron chi connectivity index (χ0n) is 22.6. The standard InChI is InChI=1S/C34H22Cl3NO5/c1-18(29(39)19-10-14-21(35)15-11-19)43-32(42)20-12-16-22(17-13-20)38-30(40)27-28(31(38)41)34(37)24-7-3-2-6-23(24)33(27,36)25-8-4-5-9-26(25)34/h2-18,27-28H,1H3/t18-,27-,28-,33?,34?/m0/s1. The number of carbonyl (C=O) groups excluding carboxylic acids is 4. The topological polar surface area (TPSA) is 80.8 Å². The van der Waals surface area contributed by atoms with Crippen LogP contribution in [-0.4, -0.2) is 29.7 Å². The Hall–Kier alpha value is -3.97. The van der Waals surface area contributed by atoms with Crippen molar-refractivity contribution in [2.75, 3.05) is 4.90 Å². The highest BCUT2D eigenvalue weighted by molar-refractivity contribution is 6.38. The second-order valence-electron chi connectivity index (χ2n) is 10.9. The highest BCUT2D eigenvalue weighted by Crippen LogP contribution is 2.69. The first-order chi connectivity index (χ1) is 20.6. The Morgan fingerprint density at radius 3 is 1.56 bits per heavy atom. The van der Waals surface area contributed by atoms with Crippen LogP contribution in [-0.2, 0) is 24.1 Å². The first-order valence-corrected chi connectivity index (χ1v) is 14.8. The molecule has 1 fully saturated rings.